The highest BCUT2D eigenvalue weighted by atomic mass is 16.5. The van der Waals surface area contributed by atoms with Gasteiger partial charge in [0.15, 0.2) is 0 Å². The number of aromatic carboxylic acids is 1. The maximum Gasteiger partial charge on any atom is 0.339 e. The van der Waals surface area contributed by atoms with Gasteiger partial charge in [-0.05, 0) is 49.7 Å². The van der Waals surface area contributed by atoms with Gasteiger partial charge in [0.25, 0.3) is 0 Å². The van der Waals surface area contributed by atoms with E-state index in [1.807, 2.05) is 0 Å². The lowest BCUT2D eigenvalue weighted by Gasteiger charge is -2.33. The summed E-state index contributed by atoms with van der Waals surface area (Å²) in [5.41, 5.74) is 0.173. The number of carbonyl (C=O) groups is 2. The number of hydrogen-bond acceptors (Lipinski definition) is 3. The summed E-state index contributed by atoms with van der Waals surface area (Å²) < 4.78 is 5.68. The Morgan fingerprint density at radius 3 is 2.38 bits per heavy atom. The van der Waals surface area contributed by atoms with E-state index in [9.17, 15) is 9.59 Å². The standard InChI is InChI=1S/C17H20O4/c18-16(19)13-7-1-2-8-14(13)17(20)21-15-10-4-6-11-5-3-9-12(11)15/h1-2,7-8,11-12,15H,3-6,9-10H2,(H,18,19)/t11-,12+,15+/m1/s1. The summed E-state index contributed by atoms with van der Waals surface area (Å²) in [4.78, 5) is 23.5. The molecule has 2 aliphatic carbocycles. The molecule has 1 aromatic rings. The van der Waals surface area contributed by atoms with Crippen molar-refractivity contribution in [3.63, 3.8) is 0 Å². The predicted octanol–water partition coefficient (Wildman–Crippen LogP) is 3.51. The molecule has 0 aromatic heterocycles. The van der Waals surface area contributed by atoms with E-state index in [0.29, 0.717) is 11.8 Å². The minimum absolute atomic E-state index is 0.0151. The maximum atomic E-state index is 12.3. The van der Waals surface area contributed by atoms with Gasteiger partial charge in [-0.2, -0.15) is 0 Å². The third kappa shape index (κ3) is 2.80. The van der Waals surface area contributed by atoms with Crippen LogP contribution in [0.5, 0.6) is 0 Å². The molecule has 0 heterocycles. The molecule has 0 spiro atoms. The summed E-state index contributed by atoms with van der Waals surface area (Å²) >= 11 is 0. The second kappa shape index (κ2) is 5.88. The Kier molecular flexibility index (Phi) is 3.95. The van der Waals surface area contributed by atoms with Crippen molar-refractivity contribution in [3.8, 4) is 0 Å². The second-order valence-electron chi connectivity index (χ2n) is 6.08. The monoisotopic (exact) mass is 288 g/mol. The van der Waals surface area contributed by atoms with E-state index >= 15 is 0 Å². The van der Waals surface area contributed by atoms with Gasteiger partial charge < -0.3 is 9.84 Å². The number of carboxylic acids is 1. The van der Waals surface area contributed by atoms with E-state index in [-0.39, 0.29) is 17.2 Å². The van der Waals surface area contributed by atoms with E-state index in [2.05, 4.69) is 0 Å². The van der Waals surface area contributed by atoms with Crippen LogP contribution in [0, 0.1) is 11.8 Å². The van der Waals surface area contributed by atoms with E-state index < -0.39 is 11.9 Å². The highest BCUT2D eigenvalue weighted by molar-refractivity contribution is 6.02. The summed E-state index contributed by atoms with van der Waals surface area (Å²) in [6.07, 6.45) is 6.79. The number of carbonyl (C=O) groups excluding carboxylic acids is 1. The average Bonchev–Trinajstić information content (AvgIpc) is 2.96. The predicted molar refractivity (Wildman–Crippen MR) is 77.3 cm³/mol. The molecule has 21 heavy (non-hydrogen) atoms. The molecule has 3 atom stereocenters. The molecule has 0 unspecified atom stereocenters. The van der Waals surface area contributed by atoms with Crippen molar-refractivity contribution in [2.45, 2.75) is 44.6 Å². The van der Waals surface area contributed by atoms with Gasteiger partial charge in [0, 0.05) is 0 Å². The molecule has 0 bridgehead atoms. The fourth-order valence-electron chi connectivity index (χ4n) is 3.90. The molecule has 0 saturated heterocycles. The van der Waals surface area contributed by atoms with Crippen LogP contribution < -0.4 is 0 Å². The van der Waals surface area contributed by atoms with E-state index in [1.165, 1.54) is 31.4 Å². The SMILES string of the molecule is O=C(O)c1ccccc1C(=O)O[C@H]1CCC[C@H]2CCC[C@@H]21. The molecule has 2 saturated carbocycles. The second-order valence-corrected chi connectivity index (χ2v) is 6.08. The topological polar surface area (TPSA) is 63.6 Å². The Morgan fingerprint density at radius 1 is 1.00 bits per heavy atom. The lowest BCUT2D eigenvalue weighted by atomic mass is 9.79. The van der Waals surface area contributed by atoms with Crippen LogP contribution in [0.25, 0.3) is 0 Å². The summed E-state index contributed by atoms with van der Waals surface area (Å²) in [6.45, 7) is 0. The highest BCUT2D eigenvalue weighted by Gasteiger charge is 2.38. The van der Waals surface area contributed by atoms with Crippen molar-refractivity contribution in [1.82, 2.24) is 0 Å². The Labute approximate surface area is 124 Å². The first-order valence-electron chi connectivity index (χ1n) is 7.70. The van der Waals surface area contributed by atoms with Gasteiger partial charge in [0.2, 0.25) is 0 Å². The molecule has 3 rings (SSSR count). The Balaban J connectivity index is 1.76. The van der Waals surface area contributed by atoms with Crippen molar-refractivity contribution in [2.75, 3.05) is 0 Å². The normalized spacial score (nSPS) is 27.9. The van der Waals surface area contributed by atoms with Gasteiger partial charge in [-0.15, -0.1) is 0 Å². The summed E-state index contributed by atoms with van der Waals surface area (Å²) in [7, 11) is 0. The van der Waals surface area contributed by atoms with Crippen LogP contribution in [-0.2, 0) is 4.74 Å². The summed E-state index contributed by atoms with van der Waals surface area (Å²) in [5, 5.41) is 9.16. The number of fused-ring (bicyclic) bond motifs is 1. The van der Waals surface area contributed by atoms with Crippen molar-refractivity contribution in [3.05, 3.63) is 35.4 Å². The Bertz CT molecular complexity index is 551. The fourth-order valence-corrected chi connectivity index (χ4v) is 3.90. The van der Waals surface area contributed by atoms with Crippen LogP contribution in [0.4, 0.5) is 0 Å². The highest BCUT2D eigenvalue weighted by Crippen LogP contribution is 2.43. The molecule has 1 N–H and O–H groups in total. The molecule has 4 heteroatoms. The summed E-state index contributed by atoms with van der Waals surface area (Å²) in [5.74, 6) is -0.429. The van der Waals surface area contributed by atoms with Crippen LogP contribution in [-0.4, -0.2) is 23.1 Å². The lowest BCUT2D eigenvalue weighted by molar-refractivity contribution is -0.00744. The van der Waals surface area contributed by atoms with Gasteiger partial charge in [-0.25, -0.2) is 9.59 Å². The number of esters is 1. The third-order valence-corrected chi connectivity index (χ3v) is 4.89. The lowest BCUT2D eigenvalue weighted by Crippen LogP contribution is -2.33. The molecule has 0 aliphatic heterocycles. The minimum Gasteiger partial charge on any atom is -0.478 e. The first kappa shape index (κ1) is 14.1. The van der Waals surface area contributed by atoms with Crippen LogP contribution in [0.2, 0.25) is 0 Å². The van der Waals surface area contributed by atoms with Crippen molar-refractivity contribution >= 4 is 11.9 Å². The number of hydrogen-bond donors (Lipinski definition) is 1. The van der Waals surface area contributed by atoms with Crippen LogP contribution in [0.1, 0.15) is 59.2 Å². The molecule has 1 aromatic carbocycles. The third-order valence-electron chi connectivity index (χ3n) is 4.89. The average molecular weight is 288 g/mol. The molecule has 2 fully saturated rings. The zero-order valence-corrected chi connectivity index (χ0v) is 12.0. The van der Waals surface area contributed by atoms with Gasteiger partial charge in [-0.1, -0.05) is 25.0 Å². The minimum atomic E-state index is -1.09. The van der Waals surface area contributed by atoms with Crippen molar-refractivity contribution in [2.24, 2.45) is 11.8 Å². The summed E-state index contributed by atoms with van der Waals surface area (Å²) in [6, 6.07) is 6.26. The Hall–Kier alpha value is -1.84. The van der Waals surface area contributed by atoms with Gasteiger partial charge in [0.05, 0.1) is 11.1 Å². The molecule has 112 valence electrons. The zero-order chi connectivity index (χ0) is 14.8. The number of ether oxygens (including phenoxy) is 1. The van der Waals surface area contributed by atoms with E-state index in [1.54, 1.807) is 12.1 Å². The van der Waals surface area contributed by atoms with Crippen molar-refractivity contribution in [1.29, 1.82) is 0 Å². The van der Waals surface area contributed by atoms with Gasteiger partial charge in [-0.3, -0.25) is 0 Å². The maximum absolute atomic E-state index is 12.3. The number of carboxylic acid groups (broad SMARTS) is 1. The quantitative estimate of drug-likeness (QED) is 0.864. The Morgan fingerprint density at radius 2 is 1.67 bits per heavy atom. The van der Waals surface area contributed by atoms with Crippen LogP contribution >= 0.6 is 0 Å². The largest absolute Gasteiger partial charge is 0.478 e. The molecular weight excluding hydrogens is 268 g/mol. The smallest absolute Gasteiger partial charge is 0.339 e. The fraction of sp³-hybridized carbons (Fsp3) is 0.529. The molecule has 0 amide bonds. The van der Waals surface area contributed by atoms with E-state index in [0.717, 1.165) is 19.3 Å². The first-order chi connectivity index (χ1) is 10.2. The van der Waals surface area contributed by atoms with Gasteiger partial charge >= 0.3 is 11.9 Å². The van der Waals surface area contributed by atoms with Crippen molar-refractivity contribution < 1.29 is 19.4 Å². The molecular formula is C17H20O4. The number of benzene rings is 1. The zero-order valence-electron chi connectivity index (χ0n) is 12.0. The molecule has 0 radical (unpaired) electrons. The molecule has 2 aliphatic rings. The first-order valence-corrected chi connectivity index (χ1v) is 7.70. The van der Waals surface area contributed by atoms with E-state index in [4.69, 9.17) is 9.84 Å². The van der Waals surface area contributed by atoms with Gasteiger partial charge in [0.1, 0.15) is 6.10 Å². The number of rotatable bonds is 3. The molecule has 4 nitrogen and oxygen atoms in total. The van der Waals surface area contributed by atoms with Crippen LogP contribution in [0.15, 0.2) is 24.3 Å². The van der Waals surface area contributed by atoms with Crippen LogP contribution in [0.3, 0.4) is 0 Å².